The zero-order valence-corrected chi connectivity index (χ0v) is 10.2. The molecule has 0 fully saturated rings. The van der Waals surface area contributed by atoms with Crippen molar-refractivity contribution >= 4 is 0 Å². The number of rotatable bonds is 4. The molecule has 3 heteroatoms. The molecule has 88 valence electrons. The number of pyridine rings is 2. The molecule has 1 N–H and O–H groups in total. The molecule has 0 saturated heterocycles. The van der Waals surface area contributed by atoms with E-state index in [-0.39, 0.29) is 0 Å². The average molecular weight is 227 g/mol. The average Bonchev–Trinajstić information content (AvgIpc) is 2.37. The summed E-state index contributed by atoms with van der Waals surface area (Å²) >= 11 is 0. The van der Waals surface area contributed by atoms with E-state index in [0.29, 0.717) is 6.04 Å². The van der Waals surface area contributed by atoms with Gasteiger partial charge >= 0.3 is 0 Å². The highest BCUT2D eigenvalue weighted by Crippen LogP contribution is 2.11. The van der Waals surface area contributed by atoms with E-state index in [1.54, 1.807) is 6.20 Å². The predicted octanol–water partition coefficient (Wildman–Crippen LogP) is 2.64. The highest BCUT2D eigenvalue weighted by atomic mass is 14.9. The van der Waals surface area contributed by atoms with Crippen molar-refractivity contribution in [3.05, 3.63) is 59.7 Å². The van der Waals surface area contributed by atoms with E-state index in [4.69, 9.17) is 0 Å². The highest BCUT2D eigenvalue weighted by molar-refractivity contribution is 5.17. The van der Waals surface area contributed by atoms with E-state index in [1.165, 1.54) is 16.7 Å². The zero-order valence-electron chi connectivity index (χ0n) is 10.2. The Balaban J connectivity index is 1.95. The van der Waals surface area contributed by atoms with Gasteiger partial charge in [0.2, 0.25) is 0 Å². The van der Waals surface area contributed by atoms with Crippen molar-refractivity contribution in [3.63, 3.8) is 0 Å². The van der Waals surface area contributed by atoms with Gasteiger partial charge in [-0.3, -0.25) is 9.97 Å². The smallest absolute Gasteiger partial charge is 0.0315 e. The number of hydrogen-bond acceptors (Lipinski definition) is 3. The van der Waals surface area contributed by atoms with E-state index in [0.717, 1.165) is 6.54 Å². The molecule has 0 radical (unpaired) electrons. The number of nitrogens with zero attached hydrogens (tertiary/aromatic N) is 2. The first-order chi connectivity index (χ1) is 8.25. The summed E-state index contributed by atoms with van der Waals surface area (Å²) in [4.78, 5) is 8.31. The zero-order chi connectivity index (χ0) is 12.1. The first-order valence-corrected chi connectivity index (χ1v) is 5.79. The van der Waals surface area contributed by atoms with Gasteiger partial charge in [-0.15, -0.1) is 0 Å². The van der Waals surface area contributed by atoms with Crippen molar-refractivity contribution in [2.24, 2.45) is 0 Å². The Morgan fingerprint density at radius 1 is 1.24 bits per heavy atom. The second-order valence-electron chi connectivity index (χ2n) is 4.26. The largest absolute Gasteiger partial charge is 0.306 e. The van der Waals surface area contributed by atoms with Crippen molar-refractivity contribution < 1.29 is 0 Å². The van der Waals surface area contributed by atoms with Crippen LogP contribution in [0.3, 0.4) is 0 Å². The van der Waals surface area contributed by atoms with Crippen LogP contribution >= 0.6 is 0 Å². The molecule has 1 atom stereocenters. The van der Waals surface area contributed by atoms with Crippen LogP contribution in [0.1, 0.15) is 29.7 Å². The van der Waals surface area contributed by atoms with Crippen LogP contribution in [-0.2, 0) is 6.54 Å². The van der Waals surface area contributed by atoms with Gasteiger partial charge in [0.15, 0.2) is 0 Å². The third-order valence-corrected chi connectivity index (χ3v) is 2.73. The van der Waals surface area contributed by atoms with Crippen molar-refractivity contribution in [1.29, 1.82) is 0 Å². The van der Waals surface area contributed by atoms with Crippen LogP contribution in [0.15, 0.2) is 43.0 Å². The molecule has 0 bridgehead atoms. The van der Waals surface area contributed by atoms with Gasteiger partial charge in [0.1, 0.15) is 0 Å². The minimum absolute atomic E-state index is 0.296. The van der Waals surface area contributed by atoms with E-state index in [1.807, 2.05) is 24.7 Å². The number of hydrogen-bond donors (Lipinski definition) is 1. The van der Waals surface area contributed by atoms with Gasteiger partial charge < -0.3 is 5.32 Å². The molecule has 17 heavy (non-hydrogen) atoms. The van der Waals surface area contributed by atoms with Gasteiger partial charge in [0.25, 0.3) is 0 Å². The Hall–Kier alpha value is -1.74. The lowest BCUT2D eigenvalue weighted by atomic mass is 10.1. The highest BCUT2D eigenvalue weighted by Gasteiger charge is 2.04. The first-order valence-electron chi connectivity index (χ1n) is 5.79. The molecular formula is C14H17N3. The lowest BCUT2D eigenvalue weighted by molar-refractivity contribution is 0.572. The molecular weight excluding hydrogens is 210 g/mol. The second kappa shape index (κ2) is 5.55. The molecule has 0 saturated carbocycles. The quantitative estimate of drug-likeness (QED) is 0.872. The van der Waals surface area contributed by atoms with Crippen LogP contribution < -0.4 is 5.32 Å². The lowest BCUT2D eigenvalue weighted by Gasteiger charge is -2.13. The molecule has 0 spiro atoms. The molecule has 2 rings (SSSR count). The molecule has 2 aromatic heterocycles. The lowest BCUT2D eigenvalue weighted by Crippen LogP contribution is -2.18. The summed E-state index contributed by atoms with van der Waals surface area (Å²) in [6.45, 7) is 5.02. The topological polar surface area (TPSA) is 37.8 Å². The van der Waals surface area contributed by atoms with Crippen LogP contribution in [0.25, 0.3) is 0 Å². The molecule has 2 aromatic rings. The van der Waals surface area contributed by atoms with Gasteiger partial charge in [0, 0.05) is 37.4 Å². The number of aromatic nitrogens is 2. The Morgan fingerprint density at radius 3 is 2.82 bits per heavy atom. The molecule has 2 heterocycles. The van der Waals surface area contributed by atoms with E-state index in [9.17, 15) is 0 Å². The minimum atomic E-state index is 0.296. The van der Waals surface area contributed by atoms with Crippen molar-refractivity contribution in [3.8, 4) is 0 Å². The molecule has 1 unspecified atom stereocenters. The number of nitrogens with one attached hydrogen (secondary N) is 1. The normalized spacial score (nSPS) is 12.4. The Kier molecular flexibility index (Phi) is 3.83. The fourth-order valence-electron chi connectivity index (χ4n) is 1.74. The van der Waals surface area contributed by atoms with Gasteiger partial charge in [-0.25, -0.2) is 0 Å². The summed E-state index contributed by atoms with van der Waals surface area (Å²) in [6.07, 6.45) is 7.46. The van der Waals surface area contributed by atoms with Crippen LogP contribution in [-0.4, -0.2) is 9.97 Å². The molecule has 0 aliphatic heterocycles. The Labute approximate surface area is 102 Å². The second-order valence-corrected chi connectivity index (χ2v) is 4.26. The fourth-order valence-corrected chi connectivity index (χ4v) is 1.74. The van der Waals surface area contributed by atoms with Crippen LogP contribution in [0.2, 0.25) is 0 Å². The molecule has 0 aliphatic carbocycles. The first kappa shape index (κ1) is 11.7. The van der Waals surface area contributed by atoms with Crippen LogP contribution in [0.5, 0.6) is 0 Å². The SMILES string of the molecule is Cc1cncc(CNC(C)c2cccnc2)c1. The van der Waals surface area contributed by atoms with Crippen molar-refractivity contribution in [2.75, 3.05) is 0 Å². The minimum Gasteiger partial charge on any atom is -0.306 e. The number of aryl methyl sites for hydroxylation is 1. The van der Waals surface area contributed by atoms with E-state index >= 15 is 0 Å². The van der Waals surface area contributed by atoms with Gasteiger partial charge in [0.05, 0.1) is 0 Å². The maximum absolute atomic E-state index is 4.18. The summed E-state index contributed by atoms with van der Waals surface area (Å²) < 4.78 is 0. The van der Waals surface area contributed by atoms with Crippen LogP contribution in [0.4, 0.5) is 0 Å². The summed E-state index contributed by atoms with van der Waals surface area (Å²) in [7, 11) is 0. The molecule has 0 aromatic carbocycles. The fraction of sp³-hybridized carbons (Fsp3) is 0.286. The van der Waals surface area contributed by atoms with Gasteiger partial charge in [-0.2, -0.15) is 0 Å². The van der Waals surface area contributed by atoms with Crippen molar-refractivity contribution in [1.82, 2.24) is 15.3 Å². The third kappa shape index (κ3) is 3.36. The summed E-state index contributed by atoms with van der Waals surface area (Å²) in [5, 5.41) is 3.46. The van der Waals surface area contributed by atoms with E-state index < -0.39 is 0 Å². The maximum Gasteiger partial charge on any atom is 0.0315 e. The third-order valence-electron chi connectivity index (χ3n) is 2.73. The monoisotopic (exact) mass is 227 g/mol. The summed E-state index contributed by atoms with van der Waals surface area (Å²) in [6, 6.07) is 6.49. The summed E-state index contributed by atoms with van der Waals surface area (Å²) in [5.41, 5.74) is 3.60. The van der Waals surface area contributed by atoms with E-state index in [2.05, 4.69) is 41.3 Å². The Bertz CT molecular complexity index is 468. The molecule has 0 amide bonds. The Morgan fingerprint density at radius 2 is 2.12 bits per heavy atom. The molecule has 3 nitrogen and oxygen atoms in total. The van der Waals surface area contributed by atoms with Crippen LogP contribution in [0, 0.1) is 6.92 Å². The van der Waals surface area contributed by atoms with Crippen molar-refractivity contribution in [2.45, 2.75) is 26.4 Å². The standard InChI is InChI=1S/C14H17N3/c1-11-6-13(8-16-7-11)9-17-12(2)14-4-3-5-15-10-14/h3-8,10,12,17H,9H2,1-2H3. The maximum atomic E-state index is 4.18. The van der Waals surface area contributed by atoms with Gasteiger partial charge in [-0.05, 0) is 36.6 Å². The predicted molar refractivity (Wildman–Crippen MR) is 68.5 cm³/mol. The van der Waals surface area contributed by atoms with Gasteiger partial charge in [-0.1, -0.05) is 12.1 Å². The molecule has 0 aliphatic rings. The summed E-state index contributed by atoms with van der Waals surface area (Å²) in [5.74, 6) is 0.